The summed E-state index contributed by atoms with van der Waals surface area (Å²) in [5.74, 6) is 0.117. The SMILES string of the molecule is Cc1ccc(C(=O)NC(=Cc2ccc(-c3cccc([N+](=O)[O-])c3)o2)C(=O)N2CCCCC2)cc1. The zero-order chi connectivity index (χ0) is 24.1. The van der Waals surface area contributed by atoms with Gasteiger partial charge in [0.1, 0.15) is 17.2 Å². The smallest absolute Gasteiger partial charge is 0.270 e. The van der Waals surface area contributed by atoms with Crippen LogP contribution in [0.3, 0.4) is 0 Å². The maximum atomic E-state index is 13.2. The Hall–Kier alpha value is -4.20. The van der Waals surface area contributed by atoms with Gasteiger partial charge in [-0.2, -0.15) is 0 Å². The number of carbonyl (C=O) groups excluding carboxylic acids is 2. The van der Waals surface area contributed by atoms with Crippen molar-refractivity contribution in [3.05, 3.63) is 93.4 Å². The molecule has 0 atom stereocenters. The summed E-state index contributed by atoms with van der Waals surface area (Å²) < 4.78 is 5.85. The predicted octanol–water partition coefficient (Wildman–Crippen LogP) is 4.95. The molecule has 1 N–H and O–H groups in total. The van der Waals surface area contributed by atoms with E-state index in [0.29, 0.717) is 35.7 Å². The van der Waals surface area contributed by atoms with Crippen LogP contribution in [0.1, 0.15) is 40.9 Å². The van der Waals surface area contributed by atoms with E-state index in [2.05, 4.69) is 5.32 Å². The van der Waals surface area contributed by atoms with E-state index in [-0.39, 0.29) is 23.2 Å². The van der Waals surface area contributed by atoms with E-state index < -0.39 is 4.92 Å². The Kier molecular flexibility index (Phi) is 6.87. The number of nitrogens with one attached hydrogen (secondary N) is 1. The zero-order valence-electron chi connectivity index (χ0n) is 18.8. The summed E-state index contributed by atoms with van der Waals surface area (Å²) in [5, 5.41) is 13.8. The number of aryl methyl sites for hydroxylation is 1. The Balaban J connectivity index is 1.63. The minimum atomic E-state index is -0.469. The maximum absolute atomic E-state index is 13.2. The highest BCUT2D eigenvalue weighted by atomic mass is 16.6. The quantitative estimate of drug-likeness (QED) is 0.319. The molecule has 0 radical (unpaired) electrons. The Morgan fingerprint density at radius 1 is 1.03 bits per heavy atom. The van der Waals surface area contributed by atoms with Gasteiger partial charge in [-0.3, -0.25) is 19.7 Å². The molecule has 1 aromatic heterocycles. The third-order valence-corrected chi connectivity index (χ3v) is 5.69. The standard InChI is InChI=1S/C26H25N3O5/c1-18-8-10-19(11-9-18)25(30)27-23(26(31)28-14-3-2-4-15-28)17-22-12-13-24(34-22)20-6-5-7-21(16-20)29(32)33/h5-13,16-17H,2-4,14-15H2,1H3,(H,27,30). The van der Waals surface area contributed by atoms with E-state index in [4.69, 9.17) is 4.42 Å². The van der Waals surface area contributed by atoms with E-state index in [1.165, 1.54) is 18.2 Å². The molecule has 34 heavy (non-hydrogen) atoms. The molecule has 0 saturated carbocycles. The van der Waals surface area contributed by atoms with Crippen molar-refractivity contribution in [3.63, 3.8) is 0 Å². The number of non-ortho nitro benzene ring substituents is 1. The second kappa shape index (κ2) is 10.2. The van der Waals surface area contributed by atoms with Crippen LogP contribution in [0.4, 0.5) is 5.69 Å². The number of carbonyl (C=O) groups is 2. The van der Waals surface area contributed by atoms with Crippen LogP contribution in [0.25, 0.3) is 17.4 Å². The van der Waals surface area contributed by atoms with Gasteiger partial charge < -0.3 is 14.6 Å². The highest BCUT2D eigenvalue weighted by molar-refractivity contribution is 6.05. The number of nitro groups is 1. The highest BCUT2D eigenvalue weighted by Crippen LogP contribution is 2.27. The van der Waals surface area contributed by atoms with Crippen molar-refractivity contribution >= 4 is 23.6 Å². The largest absolute Gasteiger partial charge is 0.457 e. The first-order valence-electron chi connectivity index (χ1n) is 11.1. The van der Waals surface area contributed by atoms with Crippen molar-refractivity contribution in [2.75, 3.05) is 13.1 Å². The van der Waals surface area contributed by atoms with Crippen LogP contribution in [0.5, 0.6) is 0 Å². The lowest BCUT2D eigenvalue weighted by molar-refractivity contribution is -0.384. The molecule has 2 amide bonds. The molecule has 1 aliphatic heterocycles. The van der Waals surface area contributed by atoms with Crippen LogP contribution in [-0.4, -0.2) is 34.7 Å². The number of rotatable bonds is 6. The summed E-state index contributed by atoms with van der Waals surface area (Å²) >= 11 is 0. The average molecular weight is 460 g/mol. The normalized spacial score (nSPS) is 14.0. The molecule has 0 unspecified atom stereocenters. The van der Waals surface area contributed by atoms with Crippen LogP contribution in [0.15, 0.2) is 70.8 Å². The molecule has 0 spiro atoms. The van der Waals surface area contributed by atoms with E-state index >= 15 is 0 Å². The van der Waals surface area contributed by atoms with Gasteiger partial charge in [0.25, 0.3) is 17.5 Å². The van der Waals surface area contributed by atoms with Crippen LogP contribution in [0.2, 0.25) is 0 Å². The van der Waals surface area contributed by atoms with Crippen LogP contribution < -0.4 is 5.32 Å². The van der Waals surface area contributed by atoms with Crippen molar-refractivity contribution in [1.82, 2.24) is 10.2 Å². The molecular weight excluding hydrogens is 434 g/mol. The van der Waals surface area contributed by atoms with Gasteiger partial charge in [-0.1, -0.05) is 29.8 Å². The van der Waals surface area contributed by atoms with E-state index in [1.807, 2.05) is 19.1 Å². The molecule has 4 rings (SSSR count). The molecule has 8 nitrogen and oxygen atoms in total. The molecule has 8 heteroatoms. The number of likely N-dealkylation sites (tertiary alicyclic amines) is 1. The molecule has 0 bridgehead atoms. The number of furan rings is 1. The van der Waals surface area contributed by atoms with Crippen molar-refractivity contribution < 1.29 is 18.9 Å². The Morgan fingerprint density at radius 3 is 2.47 bits per heavy atom. The summed E-state index contributed by atoms with van der Waals surface area (Å²) in [7, 11) is 0. The minimum Gasteiger partial charge on any atom is -0.457 e. The van der Waals surface area contributed by atoms with Gasteiger partial charge in [0.15, 0.2) is 0 Å². The zero-order valence-corrected chi connectivity index (χ0v) is 18.8. The molecular formula is C26H25N3O5. The van der Waals surface area contributed by atoms with Crippen molar-refractivity contribution in [2.24, 2.45) is 0 Å². The number of hydrogen-bond acceptors (Lipinski definition) is 5. The fraction of sp³-hybridized carbons (Fsp3) is 0.231. The third kappa shape index (κ3) is 5.40. The fourth-order valence-corrected chi connectivity index (χ4v) is 3.82. The number of nitrogens with zero attached hydrogens (tertiary/aromatic N) is 2. The molecule has 2 heterocycles. The van der Waals surface area contributed by atoms with Gasteiger partial charge >= 0.3 is 0 Å². The molecule has 174 valence electrons. The number of benzene rings is 2. The number of amides is 2. The molecule has 1 saturated heterocycles. The summed E-state index contributed by atoms with van der Waals surface area (Å²) in [4.78, 5) is 38.4. The topological polar surface area (TPSA) is 106 Å². The molecule has 1 aliphatic rings. The average Bonchev–Trinajstić information content (AvgIpc) is 3.33. The van der Waals surface area contributed by atoms with Gasteiger partial charge in [0.2, 0.25) is 0 Å². The molecule has 2 aromatic carbocycles. The summed E-state index contributed by atoms with van der Waals surface area (Å²) in [6.07, 6.45) is 4.42. The van der Waals surface area contributed by atoms with Crippen molar-refractivity contribution in [2.45, 2.75) is 26.2 Å². The lowest BCUT2D eigenvalue weighted by Crippen LogP contribution is -2.41. The van der Waals surface area contributed by atoms with Crippen LogP contribution >= 0.6 is 0 Å². The minimum absolute atomic E-state index is 0.0441. The first-order valence-corrected chi connectivity index (χ1v) is 11.1. The Bertz CT molecular complexity index is 1240. The van der Waals surface area contributed by atoms with Gasteiger partial charge in [0.05, 0.1) is 4.92 Å². The van der Waals surface area contributed by atoms with Crippen LogP contribution in [-0.2, 0) is 4.79 Å². The number of hydrogen-bond donors (Lipinski definition) is 1. The highest BCUT2D eigenvalue weighted by Gasteiger charge is 2.23. The lowest BCUT2D eigenvalue weighted by Gasteiger charge is -2.27. The first kappa shape index (κ1) is 23.0. The maximum Gasteiger partial charge on any atom is 0.270 e. The summed E-state index contributed by atoms with van der Waals surface area (Å²) in [5.41, 5.74) is 2.09. The van der Waals surface area contributed by atoms with E-state index in [9.17, 15) is 19.7 Å². The van der Waals surface area contributed by atoms with Gasteiger partial charge in [0, 0.05) is 42.4 Å². The lowest BCUT2D eigenvalue weighted by atomic mass is 10.1. The van der Waals surface area contributed by atoms with Gasteiger partial charge in [-0.05, 0) is 50.5 Å². The monoisotopic (exact) mass is 459 g/mol. The summed E-state index contributed by atoms with van der Waals surface area (Å²) in [6.45, 7) is 3.20. The second-order valence-electron chi connectivity index (χ2n) is 8.24. The number of nitro benzene ring substituents is 1. The van der Waals surface area contributed by atoms with E-state index in [0.717, 1.165) is 24.8 Å². The Labute approximate surface area is 197 Å². The van der Waals surface area contributed by atoms with Crippen LogP contribution in [0, 0.1) is 17.0 Å². The molecule has 1 fully saturated rings. The molecule has 0 aliphatic carbocycles. The van der Waals surface area contributed by atoms with Gasteiger partial charge in [-0.25, -0.2) is 0 Å². The van der Waals surface area contributed by atoms with Gasteiger partial charge in [-0.15, -0.1) is 0 Å². The first-order chi connectivity index (χ1) is 16.4. The molecule has 3 aromatic rings. The third-order valence-electron chi connectivity index (χ3n) is 5.69. The second-order valence-corrected chi connectivity index (χ2v) is 8.24. The predicted molar refractivity (Wildman–Crippen MR) is 128 cm³/mol. The van der Waals surface area contributed by atoms with Crippen molar-refractivity contribution in [1.29, 1.82) is 0 Å². The Morgan fingerprint density at radius 2 is 1.76 bits per heavy atom. The van der Waals surface area contributed by atoms with Crippen molar-refractivity contribution in [3.8, 4) is 11.3 Å². The summed E-state index contributed by atoms with van der Waals surface area (Å²) in [6, 6.07) is 16.5. The van der Waals surface area contributed by atoms with E-state index in [1.54, 1.807) is 41.3 Å². The fourth-order valence-electron chi connectivity index (χ4n) is 3.82. The number of piperidine rings is 1.